The molecule has 0 aliphatic carbocycles. The summed E-state index contributed by atoms with van der Waals surface area (Å²) in [5.41, 5.74) is 0. The van der Waals surface area contributed by atoms with Gasteiger partial charge in [0.25, 0.3) is 0 Å². The van der Waals surface area contributed by atoms with Gasteiger partial charge in [-0.3, -0.25) is 0 Å². The fourth-order valence-electron chi connectivity index (χ4n) is 1.17. The van der Waals surface area contributed by atoms with Crippen molar-refractivity contribution < 1.29 is 4.74 Å². The highest BCUT2D eigenvalue weighted by Gasteiger charge is 1.98. The number of halogens is 1. The molecule has 5 heteroatoms. The Hall–Kier alpha value is -0.680. The van der Waals surface area contributed by atoms with Crippen LogP contribution in [-0.2, 0) is 4.74 Å². The SMILES string of the molecule is CCCCOCCCNc1ncncc1Br. The summed E-state index contributed by atoms with van der Waals surface area (Å²) in [6.45, 7) is 4.70. The molecule has 0 aliphatic rings. The molecule has 0 aliphatic heterocycles. The highest BCUT2D eigenvalue weighted by molar-refractivity contribution is 9.10. The maximum atomic E-state index is 5.46. The van der Waals surface area contributed by atoms with Crippen molar-refractivity contribution in [2.45, 2.75) is 26.2 Å². The zero-order valence-corrected chi connectivity index (χ0v) is 11.2. The number of hydrogen-bond acceptors (Lipinski definition) is 4. The van der Waals surface area contributed by atoms with E-state index in [-0.39, 0.29) is 0 Å². The molecule has 1 aromatic rings. The minimum atomic E-state index is 0.801. The predicted octanol–water partition coefficient (Wildman–Crippen LogP) is 2.86. The summed E-state index contributed by atoms with van der Waals surface area (Å²) in [6.07, 6.45) is 6.58. The number of anilines is 1. The zero-order valence-electron chi connectivity index (χ0n) is 9.58. The number of aromatic nitrogens is 2. The van der Waals surface area contributed by atoms with Crippen LogP contribution in [0.2, 0.25) is 0 Å². The van der Waals surface area contributed by atoms with Gasteiger partial charge in [0.2, 0.25) is 0 Å². The van der Waals surface area contributed by atoms with Crippen LogP contribution < -0.4 is 5.32 Å². The van der Waals surface area contributed by atoms with Gasteiger partial charge in [-0.15, -0.1) is 0 Å². The van der Waals surface area contributed by atoms with Crippen molar-refractivity contribution in [3.63, 3.8) is 0 Å². The molecule has 0 amide bonds. The third-order valence-corrected chi connectivity index (χ3v) is 2.65. The van der Waals surface area contributed by atoms with Crippen molar-refractivity contribution >= 4 is 21.7 Å². The standard InChI is InChI=1S/C11H18BrN3O/c1-2-3-6-16-7-4-5-14-11-10(12)8-13-9-15-11/h8-9H,2-7H2,1H3,(H,13,14,15). The van der Waals surface area contributed by atoms with E-state index in [1.165, 1.54) is 12.7 Å². The van der Waals surface area contributed by atoms with E-state index < -0.39 is 0 Å². The summed E-state index contributed by atoms with van der Waals surface area (Å²) < 4.78 is 6.35. The van der Waals surface area contributed by atoms with Crippen LogP contribution in [0, 0.1) is 0 Å². The second-order valence-corrected chi connectivity index (χ2v) is 4.32. The van der Waals surface area contributed by atoms with E-state index in [0.29, 0.717) is 0 Å². The molecule has 0 aromatic carbocycles. The van der Waals surface area contributed by atoms with Crippen molar-refractivity contribution in [3.8, 4) is 0 Å². The van der Waals surface area contributed by atoms with Gasteiger partial charge in [-0.1, -0.05) is 13.3 Å². The van der Waals surface area contributed by atoms with Crippen molar-refractivity contribution in [3.05, 3.63) is 17.0 Å². The lowest BCUT2D eigenvalue weighted by molar-refractivity contribution is 0.131. The minimum Gasteiger partial charge on any atom is -0.381 e. The molecule has 4 nitrogen and oxygen atoms in total. The van der Waals surface area contributed by atoms with Gasteiger partial charge in [-0.05, 0) is 28.8 Å². The first-order valence-electron chi connectivity index (χ1n) is 5.61. The van der Waals surface area contributed by atoms with Gasteiger partial charge in [0.1, 0.15) is 12.1 Å². The Morgan fingerprint density at radius 3 is 2.94 bits per heavy atom. The summed E-state index contributed by atoms with van der Waals surface area (Å²) in [6, 6.07) is 0. The third-order valence-electron chi connectivity index (χ3n) is 2.07. The largest absolute Gasteiger partial charge is 0.381 e. The fraction of sp³-hybridized carbons (Fsp3) is 0.636. The molecule has 0 fully saturated rings. The quantitative estimate of drug-likeness (QED) is 0.747. The Labute approximate surface area is 105 Å². The van der Waals surface area contributed by atoms with E-state index in [9.17, 15) is 0 Å². The highest BCUT2D eigenvalue weighted by Crippen LogP contribution is 2.16. The summed E-state index contributed by atoms with van der Waals surface area (Å²) in [7, 11) is 0. The molecule has 0 unspecified atom stereocenters. The molecular weight excluding hydrogens is 270 g/mol. The number of nitrogens with one attached hydrogen (secondary N) is 1. The molecule has 0 spiro atoms. The van der Waals surface area contributed by atoms with Crippen LogP contribution in [-0.4, -0.2) is 29.7 Å². The first-order chi connectivity index (χ1) is 7.84. The Bertz CT molecular complexity index is 296. The smallest absolute Gasteiger partial charge is 0.143 e. The minimum absolute atomic E-state index is 0.801. The van der Waals surface area contributed by atoms with Crippen LogP contribution in [0.25, 0.3) is 0 Å². The van der Waals surface area contributed by atoms with Crippen LogP contribution in [0.5, 0.6) is 0 Å². The number of unbranched alkanes of at least 4 members (excludes halogenated alkanes) is 1. The van der Waals surface area contributed by atoms with E-state index >= 15 is 0 Å². The van der Waals surface area contributed by atoms with Crippen molar-refractivity contribution in [1.29, 1.82) is 0 Å². The molecule has 0 saturated heterocycles. The van der Waals surface area contributed by atoms with E-state index in [1.54, 1.807) is 6.20 Å². The van der Waals surface area contributed by atoms with Crippen LogP contribution in [0.15, 0.2) is 17.0 Å². The molecule has 1 N–H and O–H groups in total. The molecule has 0 radical (unpaired) electrons. The summed E-state index contributed by atoms with van der Waals surface area (Å²) in [4.78, 5) is 8.02. The first kappa shape index (κ1) is 13.4. The fourth-order valence-corrected chi connectivity index (χ4v) is 1.53. The second-order valence-electron chi connectivity index (χ2n) is 3.47. The van der Waals surface area contributed by atoms with Crippen LogP contribution >= 0.6 is 15.9 Å². The normalized spacial score (nSPS) is 10.4. The molecule has 1 rings (SSSR count). The Kier molecular flexibility index (Phi) is 7.09. The molecule has 16 heavy (non-hydrogen) atoms. The van der Waals surface area contributed by atoms with E-state index in [1.807, 2.05) is 0 Å². The highest BCUT2D eigenvalue weighted by atomic mass is 79.9. The Morgan fingerprint density at radius 1 is 1.38 bits per heavy atom. The van der Waals surface area contributed by atoms with Gasteiger partial charge in [0.15, 0.2) is 0 Å². The van der Waals surface area contributed by atoms with Gasteiger partial charge < -0.3 is 10.1 Å². The van der Waals surface area contributed by atoms with E-state index in [0.717, 1.165) is 42.9 Å². The Morgan fingerprint density at radius 2 is 2.19 bits per heavy atom. The van der Waals surface area contributed by atoms with Crippen LogP contribution in [0.4, 0.5) is 5.82 Å². The van der Waals surface area contributed by atoms with Crippen molar-refractivity contribution in [2.24, 2.45) is 0 Å². The Balaban J connectivity index is 2.05. The third kappa shape index (κ3) is 5.42. The first-order valence-corrected chi connectivity index (χ1v) is 6.41. The average molecular weight is 288 g/mol. The van der Waals surface area contributed by atoms with Gasteiger partial charge in [0, 0.05) is 26.0 Å². The number of ether oxygens (including phenoxy) is 1. The van der Waals surface area contributed by atoms with Gasteiger partial charge in [0.05, 0.1) is 4.47 Å². The molecule has 1 aromatic heterocycles. The molecular formula is C11H18BrN3O. The van der Waals surface area contributed by atoms with E-state index in [4.69, 9.17) is 4.74 Å². The van der Waals surface area contributed by atoms with Gasteiger partial charge in [-0.25, -0.2) is 9.97 Å². The maximum Gasteiger partial charge on any atom is 0.143 e. The van der Waals surface area contributed by atoms with Crippen molar-refractivity contribution in [1.82, 2.24) is 9.97 Å². The van der Waals surface area contributed by atoms with E-state index in [2.05, 4.69) is 38.1 Å². The number of rotatable bonds is 8. The summed E-state index contributed by atoms with van der Waals surface area (Å²) in [5, 5.41) is 3.23. The topological polar surface area (TPSA) is 47.0 Å². The summed E-state index contributed by atoms with van der Waals surface area (Å²) >= 11 is 3.38. The summed E-state index contributed by atoms with van der Waals surface area (Å²) in [5.74, 6) is 0.837. The van der Waals surface area contributed by atoms with Crippen LogP contribution in [0.1, 0.15) is 26.2 Å². The lowest BCUT2D eigenvalue weighted by atomic mass is 10.3. The lowest BCUT2D eigenvalue weighted by Gasteiger charge is -2.07. The number of nitrogens with zero attached hydrogens (tertiary/aromatic N) is 2. The monoisotopic (exact) mass is 287 g/mol. The lowest BCUT2D eigenvalue weighted by Crippen LogP contribution is -2.07. The molecule has 0 saturated carbocycles. The molecule has 0 atom stereocenters. The average Bonchev–Trinajstić information content (AvgIpc) is 2.30. The van der Waals surface area contributed by atoms with Gasteiger partial charge >= 0.3 is 0 Å². The molecule has 0 bridgehead atoms. The predicted molar refractivity (Wildman–Crippen MR) is 68.6 cm³/mol. The molecule has 1 heterocycles. The number of hydrogen-bond donors (Lipinski definition) is 1. The molecule has 90 valence electrons. The zero-order chi connectivity index (χ0) is 11.6. The van der Waals surface area contributed by atoms with Crippen molar-refractivity contribution in [2.75, 3.05) is 25.1 Å². The maximum absolute atomic E-state index is 5.46. The second kappa shape index (κ2) is 8.47. The van der Waals surface area contributed by atoms with Gasteiger partial charge in [-0.2, -0.15) is 0 Å². The van der Waals surface area contributed by atoms with Crippen LogP contribution in [0.3, 0.4) is 0 Å².